The molecule has 1 aliphatic carbocycles. The van der Waals surface area contributed by atoms with Crippen LogP contribution in [0.15, 0.2) is 41.6 Å². The van der Waals surface area contributed by atoms with Crippen molar-refractivity contribution in [2.24, 2.45) is 13.0 Å². The maximum Gasteiger partial charge on any atom is 0.228 e. The third-order valence-corrected chi connectivity index (χ3v) is 5.37. The Labute approximate surface area is 193 Å². The molecule has 0 unspecified atom stereocenters. The highest BCUT2D eigenvalue weighted by atomic mass is 16.5. The van der Waals surface area contributed by atoms with Gasteiger partial charge < -0.3 is 20.4 Å². The van der Waals surface area contributed by atoms with Gasteiger partial charge in [-0.05, 0) is 31.8 Å². The van der Waals surface area contributed by atoms with E-state index in [0.717, 1.165) is 19.0 Å². The molecule has 10 nitrogen and oxygen atoms in total. The van der Waals surface area contributed by atoms with Crippen LogP contribution in [0, 0.1) is 12.8 Å². The lowest BCUT2D eigenvalue weighted by Crippen LogP contribution is -2.16. The fourth-order valence-corrected chi connectivity index (χ4v) is 3.60. The number of benzene rings is 1. The summed E-state index contributed by atoms with van der Waals surface area (Å²) >= 11 is 0. The number of ether oxygens (including phenoxy) is 1. The van der Waals surface area contributed by atoms with Crippen LogP contribution in [-0.2, 0) is 11.8 Å². The average Bonchev–Trinajstić information content (AvgIpc) is 3.59. The van der Waals surface area contributed by atoms with Gasteiger partial charge in [-0.2, -0.15) is 5.10 Å². The lowest BCUT2D eigenvalue weighted by Gasteiger charge is -2.16. The molecule has 1 aliphatic rings. The van der Waals surface area contributed by atoms with Gasteiger partial charge in [0, 0.05) is 34.9 Å². The highest BCUT2D eigenvalue weighted by Crippen LogP contribution is 2.38. The van der Waals surface area contributed by atoms with Gasteiger partial charge in [0.2, 0.25) is 5.91 Å². The standard InChI is InChI=1S/C23H23N7O3/c1-12-10-24-22-18(19(12)31)16(9-17(27-22)28-23(32)13-7-8-13)26-15-6-4-5-14(20(15)33-3)21-25-11-30(2)29-21/h4-6,9-11,13H,7-8H2,1-3H3,(H3,24,26,27,28,31,32)/i1D3. The highest BCUT2D eigenvalue weighted by molar-refractivity contribution is 5.98. The van der Waals surface area contributed by atoms with Crippen molar-refractivity contribution in [2.75, 3.05) is 17.7 Å². The van der Waals surface area contributed by atoms with E-state index in [-0.39, 0.29) is 39.9 Å². The maximum absolute atomic E-state index is 13.3. The average molecular weight is 449 g/mol. The van der Waals surface area contributed by atoms with Gasteiger partial charge in [-0.1, -0.05) is 6.07 Å². The molecule has 3 aromatic heterocycles. The summed E-state index contributed by atoms with van der Waals surface area (Å²) in [5.41, 5.74) is 0.413. The number of nitrogens with one attached hydrogen (secondary N) is 3. The zero-order chi connectivity index (χ0) is 25.6. The summed E-state index contributed by atoms with van der Waals surface area (Å²) in [5.74, 6) is 0.868. The maximum atomic E-state index is 13.3. The molecule has 1 amide bonds. The van der Waals surface area contributed by atoms with Gasteiger partial charge in [-0.15, -0.1) is 0 Å². The molecule has 33 heavy (non-hydrogen) atoms. The number of amides is 1. The molecule has 0 radical (unpaired) electrons. The van der Waals surface area contributed by atoms with Crippen molar-refractivity contribution >= 4 is 34.1 Å². The number of nitrogens with zero attached hydrogens (tertiary/aromatic N) is 4. The minimum Gasteiger partial charge on any atom is -0.494 e. The van der Waals surface area contributed by atoms with Crippen LogP contribution in [0.25, 0.3) is 22.4 Å². The number of aromatic amines is 1. The molecule has 10 heteroatoms. The fourth-order valence-electron chi connectivity index (χ4n) is 3.60. The van der Waals surface area contributed by atoms with E-state index in [1.165, 1.54) is 13.2 Å². The van der Waals surface area contributed by atoms with Crippen LogP contribution in [0.4, 0.5) is 17.2 Å². The van der Waals surface area contributed by atoms with Crippen LogP contribution in [0.2, 0.25) is 0 Å². The van der Waals surface area contributed by atoms with E-state index in [1.807, 2.05) is 0 Å². The fraction of sp³-hybridized carbons (Fsp3) is 0.261. The van der Waals surface area contributed by atoms with E-state index >= 15 is 0 Å². The molecule has 1 saturated carbocycles. The Balaban J connectivity index is 1.66. The molecule has 0 saturated heterocycles. The molecule has 0 spiro atoms. The van der Waals surface area contributed by atoms with Crippen molar-refractivity contribution < 1.29 is 13.6 Å². The largest absolute Gasteiger partial charge is 0.494 e. The van der Waals surface area contributed by atoms with Gasteiger partial charge in [0.25, 0.3) is 0 Å². The van der Waals surface area contributed by atoms with Crippen molar-refractivity contribution in [3.05, 3.63) is 52.6 Å². The van der Waals surface area contributed by atoms with E-state index in [1.54, 1.807) is 36.3 Å². The molecule has 3 N–H and O–H groups in total. The van der Waals surface area contributed by atoms with E-state index in [4.69, 9.17) is 8.85 Å². The Morgan fingerprint density at radius 1 is 1.33 bits per heavy atom. The van der Waals surface area contributed by atoms with E-state index in [9.17, 15) is 9.59 Å². The van der Waals surface area contributed by atoms with Gasteiger partial charge in [0.1, 0.15) is 17.8 Å². The molecule has 3 heterocycles. The smallest absolute Gasteiger partial charge is 0.228 e. The second-order valence-electron chi connectivity index (χ2n) is 7.83. The Morgan fingerprint density at radius 3 is 2.88 bits per heavy atom. The molecule has 5 rings (SSSR count). The Kier molecular flexibility index (Phi) is 4.23. The predicted octanol–water partition coefficient (Wildman–Crippen LogP) is 3.13. The zero-order valence-electron chi connectivity index (χ0n) is 21.0. The number of aromatic nitrogens is 5. The van der Waals surface area contributed by atoms with E-state index in [0.29, 0.717) is 22.8 Å². The summed E-state index contributed by atoms with van der Waals surface area (Å²) < 4.78 is 30.4. The van der Waals surface area contributed by atoms with Crippen molar-refractivity contribution in [2.45, 2.75) is 19.7 Å². The molecule has 1 aromatic carbocycles. The Bertz CT molecular complexity index is 1540. The number of carbonyl (C=O) groups excluding carboxylic acids is 1. The number of carbonyl (C=O) groups is 1. The molecule has 0 aliphatic heterocycles. The predicted molar refractivity (Wildman–Crippen MR) is 125 cm³/mol. The molecular weight excluding hydrogens is 422 g/mol. The van der Waals surface area contributed by atoms with E-state index in [2.05, 4.69) is 30.7 Å². The Hall–Kier alpha value is -4.21. The SMILES string of the molecule is [2H]C([2H])([2H])c1c[nH]c2nc(NC(=O)C3CC3)cc(Nc3cccc(-c4ncn(C)n4)c3OC)c2c1=O. The first-order chi connectivity index (χ1) is 17.2. The first kappa shape index (κ1) is 17.4. The van der Waals surface area contributed by atoms with Crippen molar-refractivity contribution in [3.8, 4) is 17.1 Å². The normalized spacial score (nSPS) is 14.9. The minimum absolute atomic E-state index is 0.0384. The van der Waals surface area contributed by atoms with Crippen molar-refractivity contribution in [1.82, 2.24) is 24.7 Å². The second kappa shape index (κ2) is 8.05. The number of anilines is 3. The first-order valence-electron chi connectivity index (χ1n) is 11.8. The van der Waals surface area contributed by atoms with Gasteiger partial charge in [-0.3, -0.25) is 14.3 Å². The summed E-state index contributed by atoms with van der Waals surface area (Å²) in [7, 11) is 3.25. The zero-order valence-corrected chi connectivity index (χ0v) is 18.0. The third kappa shape index (κ3) is 3.91. The molecule has 4 aromatic rings. The van der Waals surface area contributed by atoms with Crippen LogP contribution in [0.3, 0.4) is 0 Å². The van der Waals surface area contributed by atoms with Gasteiger partial charge in [0.15, 0.2) is 17.0 Å². The van der Waals surface area contributed by atoms with Crippen LogP contribution >= 0.6 is 0 Å². The number of para-hydroxylation sites is 1. The number of hydrogen-bond acceptors (Lipinski definition) is 7. The van der Waals surface area contributed by atoms with Gasteiger partial charge in [-0.25, -0.2) is 9.97 Å². The Morgan fingerprint density at radius 2 is 2.18 bits per heavy atom. The number of hydrogen-bond donors (Lipinski definition) is 3. The number of pyridine rings is 2. The van der Waals surface area contributed by atoms with Crippen LogP contribution in [-0.4, -0.2) is 37.7 Å². The topological polar surface area (TPSA) is 127 Å². The summed E-state index contributed by atoms with van der Waals surface area (Å²) in [6.45, 7) is -2.62. The summed E-state index contributed by atoms with van der Waals surface area (Å²) in [6, 6.07) is 6.81. The quantitative estimate of drug-likeness (QED) is 0.414. The second-order valence-corrected chi connectivity index (χ2v) is 7.83. The molecule has 0 atom stereocenters. The summed E-state index contributed by atoms with van der Waals surface area (Å²) in [4.78, 5) is 37.1. The number of H-pyrrole nitrogens is 1. The highest BCUT2D eigenvalue weighted by Gasteiger charge is 2.30. The molecular formula is C23H23N7O3. The molecule has 1 fully saturated rings. The third-order valence-electron chi connectivity index (χ3n) is 5.37. The van der Waals surface area contributed by atoms with Gasteiger partial charge in [0.05, 0.1) is 29.4 Å². The molecule has 0 bridgehead atoms. The van der Waals surface area contributed by atoms with Crippen molar-refractivity contribution in [1.29, 1.82) is 0 Å². The van der Waals surface area contributed by atoms with E-state index < -0.39 is 12.3 Å². The van der Waals surface area contributed by atoms with Gasteiger partial charge >= 0.3 is 0 Å². The minimum atomic E-state index is -2.62. The summed E-state index contributed by atoms with van der Waals surface area (Å²) in [6.07, 6.45) is 4.33. The summed E-state index contributed by atoms with van der Waals surface area (Å²) in [5, 5.41) is 10.3. The number of rotatable bonds is 6. The van der Waals surface area contributed by atoms with Crippen LogP contribution in [0.1, 0.15) is 22.5 Å². The van der Waals surface area contributed by atoms with Crippen molar-refractivity contribution in [3.63, 3.8) is 0 Å². The van der Waals surface area contributed by atoms with Crippen LogP contribution in [0.5, 0.6) is 5.75 Å². The number of methoxy groups -OCH3 is 1. The number of fused-ring (bicyclic) bond motifs is 1. The molecule has 168 valence electrons. The lowest BCUT2D eigenvalue weighted by atomic mass is 10.1. The monoisotopic (exact) mass is 448 g/mol. The van der Waals surface area contributed by atoms with Crippen LogP contribution < -0.4 is 20.8 Å². The first-order valence-corrected chi connectivity index (χ1v) is 10.3. The number of aryl methyl sites for hydroxylation is 2. The lowest BCUT2D eigenvalue weighted by molar-refractivity contribution is -0.117.